The van der Waals surface area contributed by atoms with E-state index < -0.39 is 0 Å². The summed E-state index contributed by atoms with van der Waals surface area (Å²) < 4.78 is 38.5. The standard InChI is InChI=1S/C27H23FNO4/c1-30-23-8-7-19-21(11-16-3-5-18(28)6-4-16)26-20-13-25-24(32-15-33-25)12-17(20)9-10-29(26)14-22(19)27(23)31-2/h3-8,12-14H,9-11,15H2,1-2H3/q+1. The third-order valence-electron chi connectivity index (χ3n) is 6.54. The number of hydrogen-bond acceptors (Lipinski definition) is 4. The first-order valence-electron chi connectivity index (χ1n) is 10.9. The number of methoxy groups -OCH3 is 2. The summed E-state index contributed by atoms with van der Waals surface area (Å²) in [5.74, 6) is 2.73. The number of fused-ring (bicyclic) bond motifs is 5. The molecular weight excluding hydrogens is 421 g/mol. The first-order valence-corrected chi connectivity index (χ1v) is 10.9. The van der Waals surface area contributed by atoms with Gasteiger partial charge in [-0.1, -0.05) is 12.1 Å². The van der Waals surface area contributed by atoms with Gasteiger partial charge in [0.2, 0.25) is 12.5 Å². The minimum absolute atomic E-state index is 0.238. The second-order valence-electron chi connectivity index (χ2n) is 8.33. The summed E-state index contributed by atoms with van der Waals surface area (Å²) in [6, 6.07) is 14.9. The van der Waals surface area contributed by atoms with E-state index in [9.17, 15) is 4.39 Å². The minimum Gasteiger partial charge on any atom is -0.493 e. The van der Waals surface area contributed by atoms with E-state index in [1.807, 2.05) is 18.2 Å². The molecule has 5 nitrogen and oxygen atoms in total. The number of aryl methyl sites for hydroxylation is 2. The maximum absolute atomic E-state index is 13.6. The second-order valence-corrected chi connectivity index (χ2v) is 8.33. The van der Waals surface area contributed by atoms with Crippen molar-refractivity contribution in [3.05, 3.63) is 77.2 Å². The zero-order valence-corrected chi connectivity index (χ0v) is 18.5. The Labute approximate surface area is 190 Å². The zero-order valence-electron chi connectivity index (χ0n) is 18.5. The molecule has 0 radical (unpaired) electrons. The van der Waals surface area contributed by atoms with E-state index in [0.29, 0.717) is 17.9 Å². The van der Waals surface area contributed by atoms with Crippen molar-refractivity contribution < 1.29 is 27.9 Å². The van der Waals surface area contributed by atoms with Gasteiger partial charge in [-0.25, -0.2) is 4.39 Å². The van der Waals surface area contributed by atoms with Crippen molar-refractivity contribution in [2.24, 2.45) is 0 Å². The van der Waals surface area contributed by atoms with Gasteiger partial charge in [-0.15, -0.1) is 0 Å². The van der Waals surface area contributed by atoms with Gasteiger partial charge >= 0.3 is 0 Å². The summed E-state index contributed by atoms with van der Waals surface area (Å²) in [4.78, 5) is 0. The average molecular weight is 444 g/mol. The summed E-state index contributed by atoms with van der Waals surface area (Å²) in [6.07, 6.45) is 3.68. The SMILES string of the molecule is COc1ccc2c(Cc3ccc(F)cc3)c3[n+](cc2c1OC)CCc1cc2c(cc1-3)OCO2. The van der Waals surface area contributed by atoms with Crippen LogP contribution in [0.15, 0.2) is 54.7 Å². The first kappa shape index (κ1) is 19.9. The van der Waals surface area contributed by atoms with Crippen molar-refractivity contribution >= 4 is 10.8 Å². The van der Waals surface area contributed by atoms with E-state index in [4.69, 9.17) is 18.9 Å². The molecule has 3 aromatic carbocycles. The molecule has 0 bridgehead atoms. The number of rotatable bonds is 4. The lowest BCUT2D eigenvalue weighted by molar-refractivity contribution is -0.686. The molecule has 3 heterocycles. The maximum Gasteiger partial charge on any atom is 0.231 e. The van der Waals surface area contributed by atoms with Gasteiger partial charge in [0.25, 0.3) is 0 Å². The van der Waals surface area contributed by atoms with Gasteiger partial charge in [0.05, 0.1) is 25.2 Å². The van der Waals surface area contributed by atoms with E-state index in [1.165, 1.54) is 17.7 Å². The zero-order chi connectivity index (χ0) is 22.5. The Morgan fingerprint density at radius 2 is 1.73 bits per heavy atom. The molecule has 2 aliphatic rings. The highest BCUT2D eigenvalue weighted by Crippen LogP contribution is 2.44. The molecule has 33 heavy (non-hydrogen) atoms. The Hall–Kier alpha value is -3.80. The molecule has 4 aromatic rings. The molecule has 0 saturated heterocycles. The topological polar surface area (TPSA) is 40.8 Å². The van der Waals surface area contributed by atoms with Crippen molar-refractivity contribution in [2.45, 2.75) is 19.4 Å². The van der Waals surface area contributed by atoms with Gasteiger partial charge in [-0.3, -0.25) is 0 Å². The monoisotopic (exact) mass is 444 g/mol. The van der Waals surface area contributed by atoms with Gasteiger partial charge in [0.15, 0.2) is 35.7 Å². The molecule has 0 aliphatic carbocycles. The highest BCUT2D eigenvalue weighted by molar-refractivity contribution is 5.95. The summed E-state index contributed by atoms with van der Waals surface area (Å²) in [7, 11) is 3.31. The van der Waals surface area contributed by atoms with Crippen LogP contribution >= 0.6 is 0 Å². The molecule has 0 saturated carbocycles. The lowest BCUT2D eigenvalue weighted by Gasteiger charge is -2.21. The molecule has 6 heteroatoms. The fourth-order valence-electron chi connectivity index (χ4n) is 4.99. The molecule has 2 aliphatic heterocycles. The third kappa shape index (κ3) is 3.17. The predicted molar refractivity (Wildman–Crippen MR) is 122 cm³/mol. The predicted octanol–water partition coefficient (Wildman–Crippen LogP) is 4.83. The van der Waals surface area contributed by atoms with Crippen LogP contribution in [0.4, 0.5) is 4.39 Å². The van der Waals surface area contributed by atoms with Crippen molar-refractivity contribution in [3.8, 4) is 34.3 Å². The van der Waals surface area contributed by atoms with E-state index in [-0.39, 0.29) is 12.6 Å². The molecule has 0 amide bonds. The van der Waals surface area contributed by atoms with Crippen molar-refractivity contribution in [1.29, 1.82) is 0 Å². The van der Waals surface area contributed by atoms with Crippen LogP contribution in [0.1, 0.15) is 16.7 Å². The molecule has 1 aromatic heterocycles. The van der Waals surface area contributed by atoms with Gasteiger partial charge in [-0.05, 0) is 47.5 Å². The van der Waals surface area contributed by atoms with Crippen LogP contribution in [0.2, 0.25) is 0 Å². The minimum atomic E-state index is -0.238. The molecule has 0 fully saturated rings. The van der Waals surface area contributed by atoms with Crippen molar-refractivity contribution in [3.63, 3.8) is 0 Å². The van der Waals surface area contributed by atoms with Crippen LogP contribution in [0.25, 0.3) is 22.0 Å². The third-order valence-corrected chi connectivity index (χ3v) is 6.54. The summed E-state index contributed by atoms with van der Waals surface area (Å²) in [6.45, 7) is 1.07. The molecule has 0 N–H and O–H groups in total. The normalized spacial score (nSPS) is 13.5. The van der Waals surface area contributed by atoms with E-state index in [0.717, 1.165) is 57.6 Å². The summed E-state index contributed by atoms with van der Waals surface area (Å²) in [5.41, 5.74) is 5.70. The molecule has 0 atom stereocenters. The molecular formula is C27H23FNO4+. The fraction of sp³-hybridized carbons (Fsp3) is 0.222. The Balaban J connectivity index is 1.65. The van der Waals surface area contributed by atoms with E-state index >= 15 is 0 Å². The number of ether oxygens (including phenoxy) is 4. The molecule has 6 rings (SSSR count). The van der Waals surface area contributed by atoms with E-state index in [1.54, 1.807) is 14.2 Å². The number of pyridine rings is 1. The van der Waals surface area contributed by atoms with Crippen LogP contribution < -0.4 is 23.5 Å². The van der Waals surface area contributed by atoms with Gasteiger partial charge in [-0.2, -0.15) is 4.57 Å². The number of nitrogens with zero attached hydrogens (tertiary/aromatic N) is 1. The van der Waals surface area contributed by atoms with Crippen LogP contribution in [0.5, 0.6) is 23.0 Å². The van der Waals surface area contributed by atoms with Crippen LogP contribution in [0, 0.1) is 5.82 Å². The smallest absolute Gasteiger partial charge is 0.231 e. The molecule has 0 unspecified atom stereocenters. The van der Waals surface area contributed by atoms with Crippen molar-refractivity contribution in [1.82, 2.24) is 0 Å². The second kappa shape index (κ2) is 7.66. The Kier molecular flexibility index (Phi) is 4.61. The summed E-state index contributed by atoms with van der Waals surface area (Å²) >= 11 is 0. The lowest BCUT2D eigenvalue weighted by atomic mass is 9.88. The largest absolute Gasteiger partial charge is 0.493 e. The average Bonchev–Trinajstić information content (AvgIpc) is 3.30. The van der Waals surface area contributed by atoms with E-state index in [2.05, 4.69) is 29.0 Å². The van der Waals surface area contributed by atoms with Gasteiger partial charge in [0, 0.05) is 23.8 Å². The van der Waals surface area contributed by atoms with Gasteiger partial charge in [0.1, 0.15) is 5.82 Å². The molecule has 166 valence electrons. The van der Waals surface area contributed by atoms with Gasteiger partial charge < -0.3 is 18.9 Å². The highest BCUT2D eigenvalue weighted by Gasteiger charge is 2.32. The highest BCUT2D eigenvalue weighted by atomic mass is 19.1. The number of halogens is 1. The van der Waals surface area contributed by atoms with Crippen LogP contribution in [-0.2, 0) is 19.4 Å². The number of aromatic nitrogens is 1. The Morgan fingerprint density at radius 1 is 0.939 bits per heavy atom. The van der Waals surface area contributed by atoms with Crippen molar-refractivity contribution in [2.75, 3.05) is 21.0 Å². The molecule has 0 spiro atoms. The van der Waals surface area contributed by atoms with Crippen LogP contribution in [-0.4, -0.2) is 21.0 Å². The quantitative estimate of drug-likeness (QED) is 0.423. The lowest BCUT2D eigenvalue weighted by Crippen LogP contribution is -2.41. The number of hydrogen-bond donors (Lipinski definition) is 0. The number of benzene rings is 3. The fourth-order valence-corrected chi connectivity index (χ4v) is 4.99. The Morgan fingerprint density at radius 3 is 2.48 bits per heavy atom. The Bertz CT molecular complexity index is 1400. The van der Waals surface area contributed by atoms with Crippen LogP contribution in [0.3, 0.4) is 0 Å². The maximum atomic E-state index is 13.6. The summed E-state index contributed by atoms with van der Waals surface area (Å²) in [5, 5.41) is 2.07. The first-order chi connectivity index (χ1) is 16.2.